The highest BCUT2D eigenvalue weighted by atomic mass is 32.2. The summed E-state index contributed by atoms with van der Waals surface area (Å²) in [6.45, 7) is 2.24. The number of non-ortho nitro benzene ring substituents is 1. The molecule has 1 aromatic carbocycles. The molecule has 0 bridgehead atoms. The average Bonchev–Trinajstić information content (AvgIpc) is 2.47. The molecule has 116 valence electrons. The highest BCUT2D eigenvalue weighted by molar-refractivity contribution is 7.89. The molecule has 0 aromatic heterocycles. The Balaban J connectivity index is 2.33. The first kappa shape index (κ1) is 15.9. The molecule has 0 amide bonds. The minimum absolute atomic E-state index is 0.0700. The number of sulfonamides is 1. The van der Waals surface area contributed by atoms with Crippen LogP contribution in [-0.4, -0.2) is 36.3 Å². The van der Waals surface area contributed by atoms with E-state index >= 15 is 0 Å². The predicted molar refractivity (Wildman–Crippen MR) is 78.3 cm³/mol. The van der Waals surface area contributed by atoms with Crippen LogP contribution in [0.1, 0.15) is 26.2 Å². The van der Waals surface area contributed by atoms with E-state index in [0.29, 0.717) is 6.54 Å². The number of piperidine rings is 1. The number of benzene rings is 1. The van der Waals surface area contributed by atoms with Crippen LogP contribution < -0.4 is 5.73 Å². The first-order chi connectivity index (χ1) is 9.84. The van der Waals surface area contributed by atoms with E-state index < -0.39 is 14.9 Å². The second-order valence-corrected chi connectivity index (χ2v) is 7.18. The largest absolute Gasteiger partial charge is 0.326 e. The highest BCUT2D eigenvalue weighted by Crippen LogP contribution is 2.27. The zero-order valence-corrected chi connectivity index (χ0v) is 12.6. The van der Waals surface area contributed by atoms with Gasteiger partial charge in [0.2, 0.25) is 10.0 Å². The summed E-state index contributed by atoms with van der Waals surface area (Å²) in [6.07, 6.45) is 2.50. The molecule has 1 fully saturated rings. The van der Waals surface area contributed by atoms with Crippen molar-refractivity contribution in [2.45, 2.75) is 43.2 Å². The predicted octanol–water partition coefficient (Wildman–Crippen LogP) is 1.49. The zero-order chi connectivity index (χ0) is 15.6. The van der Waals surface area contributed by atoms with Crippen molar-refractivity contribution in [1.29, 1.82) is 0 Å². The van der Waals surface area contributed by atoms with E-state index in [2.05, 4.69) is 0 Å². The molecule has 1 aliphatic heterocycles. The molecule has 0 radical (unpaired) electrons. The Bertz CT molecular complexity index is 613. The van der Waals surface area contributed by atoms with Gasteiger partial charge in [-0.3, -0.25) is 10.1 Å². The number of nitrogens with zero attached hydrogens (tertiary/aromatic N) is 2. The number of hydrogen-bond donors (Lipinski definition) is 1. The molecule has 2 rings (SSSR count). The van der Waals surface area contributed by atoms with Gasteiger partial charge >= 0.3 is 0 Å². The summed E-state index contributed by atoms with van der Waals surface area (Å²) in [6, 6.07) is 4.49. The summed E-state index contributed by atoms with van der Waals surface area (Å²) in [7, 11) is -3.67. The lowest BCUT2D eigenvalue weighted by Gasteiger charge is -2.36. The minimum Gasteiger partial charge on any atom is -0.326 e. The maximum atomic E-state index is 12.7. The molecule has 2 atom stereocenters. The first-order valence-corrected chi connectivity index (χ1v) is 8.30. The van der Waals surface area contributed by atoms with Crippen molar-refractivity contribution in [2.75, 3.05) is 6.54 Å². The third-order valence-corrected chi connectivity index (χ3v) is 5.70. The van der Waals surface area contributed by atoms with Crippen LogP contribution in [0.2, 0.25) is 0 Å². The van der Waals surface area contributed by atoms with E-state index in [1.807, 2.05) is 0 Å². The third kappa shape index (κ3) is 3.22. The highest BCUT2D eigenvalue weighted by Gasteiger charge is 2.35. The second-order valence-electron chi connectivity index (χ2n) is 5.29. The maximum absolute atomic E-state index is 12.7. The van der Waals surface area contributed by atoms with Crippen molar-refractivity contribution in [3.8, 4) is 0 Å². The van der Waals surface area contributed by atoms with Gasteiger partial charge in [-0.1, -0.05) is 6.42 Å². The molecule has 1 aromatic rings. The van der Waals surface area contributed by atoms with Gasteiger partial charge in [0.05, 0.1) is 9.82 Å². The fraction of sp³-hybridized carbons (Fsp3) is 0.538. The first-order valence-electron chi connectivity index (χ1n) is 6.86. The summed E-state index contributed by atoms with van der Waals surface area (Å²) in [5.74, 6) is 0. The minimum atomic E-state index is -3.67. The fourth-order valence-electron chi connectivity index (χ4n) is 2.63. The summed E-state index contributed by atoms with van der Waals surface area (Å²) in [5.41, 5.74) is 5.77. The van der Waals surface area contributed by atoms with Crippen LogP contribution in [0.3, 0.4) is 0 Å². The second kappa shape index (κ2) is 6.08. The van der Waals surface area contributed by atoms with Crippen LogP contribution in [0.5, 0.6) is 0 Å². The van der Waals surface area contributed by atoms with Gasteiger partial charge in [-0.2, -0.15) is 4.31 Å². The van der Waals surface area contributed by atoms with Crippen LogP contribution in [0.4, 0.5) is 5.69 Å². The smallest absolute Gasteiger partial charge is 0.269 e. The van der Waals surface area contributed by atoms with Crippen molar-refractivity contribution in [1.82, 2.24) is 4.31 Å². The van der Waals surface area contributed by atoms with Crippen molar-refractivity contribution in [3.05, 3.63) is 34.4 Å². The van der Waals surface area contributed by atoms with E-state index in [1.54, 1.807) is 6.92 Å². The van der Waals surface area contributed by atoms with Crippen molar-refractivity contribution >= 4 is 15.7 Å². The summed E-state index contributed by atoms with van der Waals surface area (Å²) < 4.78 is 26.8. The summed E-state index contributed by atoms with van der Waals surface area (Å²) in [5, 5.41) is 10.6. The van der Waals surface area contributed by atoms with Crippen molar-refractivity contribution in [3.63, 3.8) is 0 Å². The Labute approximate surface area is 123 Å². The van der Waals surface area contributed by atoms with E-state index in [-0.39, 0.29) is 22.7 Å². The quantitative estimate of drug-likeness (QED) is 0.669. The summed E-state index contributed by atoms with van der Waals surface area (Å²) >= 11 is 0. The van der Waals surface area contributed by atoms with E-state index in [1.165, 1.54) is 28.6 Å². The van der Waals surface area contributed by atoms with Gasteiger partial charge in [-0.25, -0.2) is 8.42 Å². The molecule has 0 saturated carbocycles. The Morgan fingerprint density at radius 3 is 2.48 bits per heavy atom. The molecular weight excluding hydrogens is 294 g/mol. The van der Waals surface area contributed by atoms with Gasteiger partial charge in [0.15, 0.2) is 0 Å². The number of nitro benzene ring substituents is 1. The van der Waals surface area contributed by atoms with Crippen LogP contribution in [0.15, 0.2) is 29.2 Å². The molecule has 21 heavy (non-hydrogen) atoms. The van der Waals surface area contributed by atoms with Crippen LogP contribution in [-0.2, 0) is 10.0 Å². The lowest BCUT2D eigenvalue weighted by molar-refractivity contribution is -0.384. The Morgan fingerprint density at radius 1 is 1.33 bits per heavy atom. The molecule has 0 aliphatic carbocycles. The lowest BCUT2D eigenvalue weighted by atomic mass is 10.00. The standard InChI is InChI=1S/C13H19N3O4S/c1-10(14)13-4-2-3-9-15(13)21(19,20)12-7-5-11(6-8-12)16(17)18/h5-8,10,13H,2-4,9,14H2,1H3/t10-,13+/m0/s1. The van der Waals surface area contributed by atoms with Crippen LogP contribution in [0, 0.1) is 10.1 Å². The number of nitrogens with two attached hydrogens (primary N) is 1. The average molecular weight is 313 g/mol. The zero-order valence-electron chi connectivity index (χ0n) is 11.8. The molecule has 1 aliphatic rings. The van der Waals surface area contributed by atoms with Crippen LogP contribution >= 0.6 is 0 Å². The molecule has 2 N–H and O–H groups in total. The SMILES string of the molecule is C[C@H](N)[C@H]1CCCCN1S(=O)(=O)c1ccc([N+](=O)[O-])cc1. The molecule has 0 spiro atoms. The monoisotopic (exact) mass is 313 g/mol. The van der Waals surface area contributed by atoms with Crippen molar-refractivity contribution < 1.29 is 13.3 Å². The van der Waals surface area contributed by atoms with Crippen LogP contribution in [0.25, 0.3) is 0 Å². The van der Waals surface area contributed by atoms with E-state index in [4.69, 9.17) is 5.73 Å². The number of nitro groups is 1. The maximum Gasteiger partial charge on any atom is 0.269 e. The Kier molecular flexibility index (Phi) is 4.60. The molecular formula is C13H19N3O4S. The molecule has 0 unspecified atom stereocenters. The van der Waals surface area contributed by atoms with E-state index in [9.17, 15) is 18.5 Å². The molecule has 1 heterocycles. The molecule has 1 saturated heterocycles. The summed E-state index contributed by atoms with van der Waals surface area (Å²) in [4.78, 5) is 10.2. The third-order valence-electron chi connectivity index (χ3n) is 3.76. The Morgan fingerprint density at radius 2 is 1.95 bits per heavy atom. The number of rotatable bonds is 4. The van der Waals surface area contributed by atoms with Gasteiger partial charge in [-0.15, -0.1) is 0 Å². The van der Waals surface area contributed by atoms with Gasteiger partial charge in [0.1, 0.15) is 0 Å². The lowest BCUT2D eigenvalue weighted by Crippen LogP contribution is -2.51. The van der Waals surface area contributed by atoms with Gasteiger partial charge in [0.25, 0.3) is 5.69 Å². The topological polar surface area (TPSA) is 107 Å². The van der Waals surface area contributed by atoms with Crippen molar-refractivity contribution in [2.24, 2.45) is 5.73 Å². The fourth-order valence-corrected chi connectivity index (χ4v) is 4.40. The molecule has 7 nitrogen and oxygen atoms in total. The van der Waals surface area contributed by atoms with Gasteiger partial charge in [-0.05, 0) is 31.9 Å². The molecule has 8 heteroatoms. The van der Waals surface area contributed by atoms with Gasteiger partial charge in [0, 0.05) is 30.8 Å². The van der Waals surface area contributed by atoms with E-state index in [0.717, 1.165) is 19.3 Å². The normalized spacial score (nSPS) is 21.9. The van der Waals surface area contributed by atoms with Gasteiger partial charge < -0.3 is 5.73 Å². The Hall–Kier alpha value is -1.51. The number of hydrogen-bond acceptors (Lipinski definition) is 5.